The van der Waals surface area contributed by atoms with Crippen LogP contribution in [0.5, 0.6) is 11.5 Å². The number of carbonyl (C=O) groups excluding carboxylic acids is 4. The van der Waals surface area contributed by atoms with Gasteiger partial charge in [0.15, 0.2) is 35.0 Å². The van der Waals surface area contributed by atoms with Crippen molar-refractivity contribution in [2.45, 2.75) is 212 Å². The molecule has 0 radical (unpaired) electrons. The molecule has 0 bridgehead atoms. The molecule has 0 aliphatic carbocycles. The molecule has 2 aliphatic heterocycles. The van der Waals surface area contributed by atoms with Crippen LogP contribution >= 0.6 is 22.6 Å². The molecule has 0 aromatic heterocycles. The Kier molecular flexibility index (Phi) is 36.8. The van der Waals surface area contributed by atoms with E-state index in [0.29, 0.717) is 40.2 Å². The van der Waals surface area contributed by atoms with Crippen molar-refractivity contribution in [1.82, 2.24) is 0 Å². The summed E-state index contributed by atoms with van der Waals surface area (Å²) in [5.74, 6) is -2.47. The molecule has 7 aromatic rings. The zero-order valence-corrected chi connectivity index (χ0v) is 77.7. The monoisotopic (exact) mass is 1800 g/mol. The molecule has 7 aromatic carbocycles. The number of ether oxygens (including phenoxy) is 12. The van der Waals surface area contributed by atoms with Gasteiger partial charge in [-0.2, -0.15) is 0 Å². The van der Waals surface area contributed by atoms with Gasteiger partial charge in [0.2, 0.25) is 0 Å². The van der Waals surface area contributed by atoms with Crippen molar-refractivity contribution in [1.29, 1.82) is 0 Å². The van der Waals surface area contributed by atoms with E-state index in [-0.39, 0.29) is 86.4 Å². The van der Waals surface area contributed by atoms with Gasteiger partial charge in [-0.15, -0.1) is 0 Å². The zero-order valence-electron chi connectivity index (χ0n) is 71.9. The Balaban J connectivity index is 0.000000257. The van der Waals surface area contributed by atoms with Crippen LogP contribution in [0, 0.1) is 11.8 Å². The molecule has 10 atom stereocenters. The van der Waals surface area contributed by atoms with Crippen LogP contribution in [0.25, 0.3) is 28.3 Å². The maximum atomic E-state index is 13.5. The smallest absolute Gasteiger partial charge is 0.338 e. The summed E-state index contributed by atoms with van der Waals surface area (Å²) >= 11 is 2.52. The minimum atomic E-state index is -2.02. The van der Waals surface area contributed by atoms with E-state index in [1.807, 2.05) is 179 Å². The van der Waals surface area contributed by atoms with Crippen LogP contribution < -0.4 is 13.9 Å². The van der Waals surface area contributed by atoms with E-state index in [9.17, 15) is 19.2 Å². The standard InChI is InChI=1S/C44H58O9Si.C27H43IO5Si.C23H22O4Se/c1-30(31(2)53-54(10,11)43(3,4)5)25-26-36(50-41(45)33-21-16-13-17-22-33)40-37(51-44(6,7)52-40)24-18-23-34-27-35(32-19-14-12-15-20-32)28-38(49-29-47-8)39(34)42(46)48-9;1-19(20(2)33-34(8,9)26(3,4)5)15-16-22(30-25(29)21-13-11-10-12-14-21)24-23(17-18-28)31-27(6,7)32-24;1-25-16-27-21-14-18(17-9-5-3-6-10-17)13-19(22(21)23(24)26-2)15-28-20-11-7-4-8-12-20/h12-23,25-28,30-31,36-37,40H,24,29H2,1-11H3;10-16,19-20,22-24H,17-18H2,1-9H3;3-14H,15-16H2,1-2H3/b23-18+,26-25-;16-15-;/t30-,31+,36?,37+,40-;19-,20+,22?,23+,24-;/m11./s1. The largest absolute Gasteiger partial charge is 0.452 e. The maximum absolute atomic E-state index is 13.5. The molecule has 0 N–H and O–H groups in total. The van der Waals surface area contributed by atoms with E-state index in [2.05, 4.69) is 142 Å². The molecule has 2 fully saturated rings. The number of halogens is 1. The quantitative estimate of drug-likeness (QED) is 0.00701. The Hall–Kier alpha value is -7.40. The van der Waals surface area contributed by atoms with E-state index in [1.54, 1.807) is 43.5 Å². The maximum Gasteiger partial charge on any atom is 0.338 e. The first kappa shape index (κ1) is 95.7. The Morgan fingerprint density at radius 1 is 0.491 bits per heavy atom. The van der Waals surface area contributed by atoms with Crippen LogP contribution in [-0.4, -0.2) is 162 Å². The van der Waals surface area contributed by atoms with Crippen molar-refractivity contribution < 1.29 is 84.9 Å². The van der Waals surface area contributed by atoms with Gasteiger partial charge in [0.25, 0.3) is 0 Å². The Labute approximate surface area is 711 Å². The third-order valence-corrected chi connectivity index (χ3v) is 33.0. The Morgan fingerprint density at radius 2 is 0.879 bits per heavy atom. The fourth-order valence-electron chi connectivity index (χ4n) is 12.4. The third kappa shape index (κ3) is 28.4. The fourth-order valence-corrected chi connectivity index (χ4v) is 17.9. The van der Waals surface area contributed by atoms with Crippen molar-refractivity contribution in [2.24, 2.45) is 11.8 Å². The first-order valence-electron chi connectivity index (χ1n) is 39.6. The number of hydrogen-bond donors (Lipinski definition) is 0. The van der Waals surface area contributed by atoms with Gasteiger partial charge in [0.05, 0.1) is 30.4 Å². The number of benzene rings is 7. The number of carbonyl (C=O) groups is 4. The molecule has 116 heavy (non-hydrogen) atoms. The van der Waals surface area contributed by atoms with Gasteiger partial charge in [-0.3, -0.25) is 0 Å². The zero-order chi connectivity index (χ0) is 85.2. The minimum absolute atomic E-state index is 0.0221. The molecule has 2 heterocycles. The van der Waals surface area contributed by atoms with Gasteiger partial charge in [-0.05, 0) is 168 Å². The van der Waals surface area contributed by atoms with E-state index >= 15 is 0 Å². The van der Waals surface area contributed by atoms with Gasteiger partial charge in [0.1, 0.15) is 35.7 Å². The number of rotatable bonds is 34. The van der Waals surface area contributed by atoms with Gasteiger partial charge in [-0.25, -0.2) is 14.4 Å². The summed E-state index contributed by atoms with van der Waals surface area (Å²) in [6, 6.07) is 55.8. The van der Waals surface area contributed by atoms with Crippen LogP contribution in [0.3, 0.4) is 0 Å². The third-order valence-electron chi connectivity index (χ3n) is 21.0. The van der Waals surface area contributed by atoms with E-state index in [1.165, 1.54) is 25.8 Å². The number of hydrogen-bond acceptors (Lipinski definition) is 18. The SMILES string of the molecule is COCOc1cc(-c2ccccc2)cc(/C=C/C[C@@H]2OC(C)(C)O[C@@H]2C(/C=C\[C@@H](C)[C@H](C)O[Si](C)(C)C(C)(C)C)OC(=O)c2ccccc2)c1C(=O)OC.COCOc1cc(-c2ccccc2)cc(C[Se]c2ccccc2)c1C(=O)OC.C[C@H](/C=C\C(OC(=O)c1ccccc1)[C@H]1OC(C)(C)O[C@H]1CCI)[C@H](C)O[Si](C)(C)C(C)(C)C. The summed E-state index contributed by atoms with van der Waals surface area (Å²) in [6.07, 6.45) is 9.96. The molecule has 2 saturated heterocycles. The van der Waals surface area contributed by atoms with Crippen LogP contribution in [0.2, 0.25) is 36.3 Å². The second kappa shape index (κ2) is 44.6. The van der Waals surface area contributed by atoms with Crippen molar-refractivity contribution in [2.75, 3.05) is 46.5 Å². The predicted octanol–water partition coefficient (Wildman–Crippen LogP) is 20.7. The van der Waals surface area contributed by atoms with Gasteiger partial charge in [0, 0.05) is 23.7 Å². The van der Waals surface area contributed by atoms with Crippen molar-refractivity contribution in [3.63, 3.8) is 0 Å². The second-order valence-corrected chi connectivity index (χ2v) is 45.7. The summed E-state index contributed by atoms with van der Waals surface area (Å²) in [4.78, 5) is 52.1. The first-order valence-corrected chi connectivity index (χ1v) is 49.0. The molecule has 628 valence electrons. The summed E-state index contributed by atoms with van der Waals surface area (Å²) in [7, 11) is 1.89. The molecule has 0 amide bonds. The van der Waals surface area contributed by atoms with Crippen LogP contribution in [0.4, 0.5) is 0 Å². The van der Waals surface area contributed by atoms with Crippen molar-refractivity contribution >= 4 is 88.6 Å². The average Bonchev–Trinajstić information content (AvgIpc) is 1.40. The van der Waals surface area contributed by atoms with E-state index in [0.717, 1.165) is 44.0 Å². The molecule has 22 heteroatoms. The fraction of sp³-hybridized carbons (Fsp3) is 0.447. The first-order chi connectivity index (χ1) is 54.8. The Bertz CT molecular complexity index is 4320. The summed E-state index contributed by atoms with van der Waals surface area (Å²) in [6.45, 7) is 38.4. The number of alkyl halides is 1. The molecule has 9 rings (SSSR count). The predicted molar refractivity (Wildman–Crippen MR) is 475 cm³/mol. The summed E-state index contributed by atoms with van der Waals surface area (Å²) in [5, 5.41) is 0.968. The van der Waals surface area contributed by atoms with E-state index in [4.69, 9.17) is 65.7 Å². The number of methoxy groups -OCH3 is 4. The molecule has 2 aliphatic rings. The van der Waals surface area contributed by atoms with E-state index < -0.39 is 70.5 Å². The van der Waals surface area contributed by atoms with Gasteiger partial charge >= 0.3 is 189 Å². The molecular formula is C94H123IO18SeSi2. The minimum Gasteiger partial charge on any atom is -0.452 e. The van der Waals surface area contributed by atoms with Crippen molar-refractivity contribution in [3.8, 4) is 33.8 Å². The summed E-state index contributed by atoms with van der Waals surface area (Å²) in [5.41, 5.74) is 7.08. The number of esters is 4. The molecule has 0 saturated carbocycles. The Morgan fingerprint density at radius 3 is 1.29 bits per heavy atom. The molecule has 0 spiro atoms. The van der Waals surface area contributed by atoms with Crippen molar-refractivity contribution in [3.05, 3.63) is 240 Å². The van der Waals surface area contributed by atoms with Crippen LogP contribution in [0.1, 0.15) is 162 Å². The molecule has 2 unspecified atom stereocenters. The second-order valence-electron chi connectivity index (χ2n) is 32.9. The topological polar surface area (TPSA) is 197 Å². The molecule has 18 nitrogen and oxygen atoms in total. The van der Waals surface area contributed by atoms with Gasteiger partial charge in [-0.1, -0.05) is 169 Å². The van der Waals surface area contributed by atoms with Crippen LogP contribution in [0.15, 0.2) is 206 Å². The molecular weight excluding hydrogens is 1680 g/mol. The van der Waals surface area contributed by atoms with Crippen LogP contribution in [-0.2, 0) is 61.5 Å². The normalized spacial score (nSPS) is 18.3. The average molecular weight is 1800 g/mol. The summed E-state index contributed by atoms with van der Waals surface area (Å²) < 4.78 is 85.1. The van der Waals surface area contributed by atoms with Gasteiger partial charge < -0.3 is 51.5 Å².